The van der Waals surface area contributed by atoms with Crippen LogP contribution in [0, 0.1) is 5.82 Å². The maximum atomic E-state index is 13.8. The molecule has 2 amide bonds. The molecule has 0 radical (unpaired) electrons. The molecule has 5 rings (SSSR count). The average molecular weight is 505 g/mol. The average Bonchev–Trinajstić information content (AvgIpc) is 2.90. The number of hydrogen-bond acceptors (Lipinski definition) is 5. The van der Waals surface area contributed by atoms with E-state index < -0.39 is 6.04 Å². The van der Waals surface area contributed by atoms with Crippen molar-refractivity contribution in [2.75, 3.05) is 47.5 Å². The Hall–Kier alpha value is -3.52. The topological polar surface area (TPSA) is 64.7 Å². The highest BCUT2D eigenvalue weighted by Gasteiger charge is 2.26. The fourth-order valence-electron chi connectivity index (χ4n) is 4.56. The molecule has 1 unspecified atom stereocenters. The number of para-hydroxylation sites is 1. The van der Waals surface area contributed by atoms with Crippen LogP contribution in [0.4, 0.5) is 21.5 Å². The Kier molecular flexibility index (Phi) is 7.41. The Bertz CT molecular complexity index is 1230. The number of piperazine rings is 1. The van der Waals surface area contributed by atoms with Gasteiger partial charge in [-0.25, -0.2) is 4.39 Å². The van der Waals surface area contributed by atoms with Crippen LogP contribution in [0.1, 0.15) is 11.1 Å². The molecule has 36 heavy (non-hydrogen) atoms. The van der Waals surface area contributed by atoms with Crippen LogP contribution >= 0.6 is 11.8 Å². The number of rotatable bonds is 7. The largest absolute Gasteiger partial charge is 0.371 e. The van der Waals surface area contributed by atoms with Gasteiger partial charge in [-0.1, -0.05) is 42.5 Å². The van der Waals surface area contributed by atoms with E-state index in [9.17, 15) is 14.0 Å². The lowest BCUT2D eigenvalue weighted by Crippen LogP contribution is -2.49. The standard InChI is InChI=1S/C28H29FN4O2S/c29-23-9-5-4-6-21(23)18-36-19-26-28(35)31-25-16-20(10-11-24(25)30-26)17-27(34)33-14-12-32(13-15-33)22-7-2-1-3-8-22/h1-11,16,26,30H,12-15,17-19H2,(H,31,35). The summed E-state index contributed by atoms with van der Waals surface area (Å²) in [6.07, 6.45) is 0.302. The Morgan fingerprint density at radius 2 is 1.69 bits per heavy atom. The quantitative estimate of drug-likeness (QED) is 0.500. The van der Waals surface area contributed by atoms with Crippen LogP contribution in [-0.4, -0.2) is 54.7 Å². The Morgan fingerprint density at radius 1 is 0.944 bits per heavy atom. The molecule has 0 aliphatic carbocycles. The van der Waals surface area contributed by atoms with E-state index in [1.54, 1.807) is 12.1 Å². The van der Waals surface area contributed by atoms with E-state index in [4.69, 9.17) is 0 Å². The molecule has 2 aliphatic heterocycles. The first kappa shape index (κ1) is 24.2. The first-order chi connectivity index (χ1) is 17.6. The second-order valence-electron chi connectivity index (χ2n) is 9.05. The summed E-state index contributed by atoms with van der Waals surface area (Å²) < 4.78 is 13.8. The van der Waals surface area contributed by atoms with Crippen LogP contribution in [0.3, 0.4) is 0 Å². The first-order valence-electron chi connectivity index (χ1n) is 12.2. The van der Waals surface area contributed by atoms with Gasteiger partial charge in [-0.3, -0.25) is 9.59 Å². The van der Waals surface area contributed by atoms with E-state index in [1.807, 2.05) is 47.4 Å². The smallest absolute Gasteiger partial charge is 0.247 e. The molecule has 1 fully saturated rings. The number of fused-ring (bicyclic) bond motifs is 1. The highest BCUT2D eigenvalue weighted by atomic mass is 32.2. The number of halogens is 1. The van der Waals surface area contributed by atoms with Crippen LogP contribution in [0.2, 0.25) is 0 Å². The van der Waals surface area contributed by atoms with Gasteiger partial charge < -0.3 is 20.4 Å². The fraction of sp³-hybridized carbons (Fsp3) is 0.286. The lowest BCUT2D eigenvalue weighted by molar-refractivity contribution is -0.130. The number of carbonyl (C=O) groups is 2. The van der Waals surface area contributed by atoms with Crippen LogP contribution in [0.5, 0.6) is 0 Å². The number of amides is 2. The minimum Gasteiger partial charge on any atom is -0.371 e. The molecule has 2 aliphatic rings. The molecule has 0 aromatic heterocycles. The van der Waals surface area contributed by atoms with Crippen LogP contribution in [-0.2, 0) is 21.8 Å². The zero-order valence-corrected chi connectivity index (χ0v) is 20.8. The van der Waals surface area contributed by atoms with Gasteiger partial charge in [0.15, 0.2) is 0 Å². The Morgan fingerprint density at radius 3 is 2.47 bits per heavy atom. The summed E-state index contributed by atoms with van der Waals surface area (Å²) in [6, 6.07) is 22.3. The zero-order valence-electron chi connectivity index (χ0n) is 20.0. The van der Waals surface area contributed by atoms with E-state index in [-0.39, 0.29) is 17.6 Å². The van der Waals surface area contributed by atoms with Gasteiger partial charge in [-0.2, -0.15) is 11.8 Å². The van der Waals surface area contributed by atoms with Crippen molar-refractivity contribution in [2.45, 2.75) is 18.2 Å². The van der Waals surface area contributed by atoms with Gasteiger partial charge in [0.2, 0.25) is 11.8 Å². The molecule has 3 aromatic carbocycles. The summed E-state index contributed by atoms with van der Waals surface area (Å²) in [6.45, 7) is 3.03. The summed E-state index contributed by atoms with van der Waals surface area (Å²) in [7, 11) is 0. The van der Waals surface area contributed by atoms with E-state index >= 15 is 0 Å². The van der Waals surface area contributed by atoms with Gasteiger partial charge in [-0.05, 0) is 41.5 Å². The van der Waals surface area contributed by atoms with Crippen molar-refractivity contribution in [3.63, 3.8) is 0 Å². The van der Waals surface area contributed by atoms with Gasteiger partial charge in [0, 0.05) is 43.4 Å². The van der Waals surface area contributed by atoms with Crippen LogP contribution in [0.25, 0.3) is 0 Å². The van der Waals surface area contributed by atoms with E-state index in [1.165, 1.54) is 23.5 Å². The molecule has 2 heterocycles. The summed E-state index contributed by atoms with van der Waals surface area (Å²) in [5.74, 6) is 0.779. The highest BCUT2D eigenvalue weighted by molar-refractivity contribution is 7.98. The lowest BCUT2D eigenvalue weighted by atomic mass is 10.1. The summed E-state index contributed by atoms with van der Waals surface area (Å²) in [5.41, 5.74) is 4.22. The predicted octanol–water partition coefficient (Wildman–Crippen LogP) is 4.38. The van der Waals surface area contributed by atoms with Gasteiger partial charge in [0.25, 0.3) is 0 Å². The number of thioether (sulfide) groups is 1. The normalized spacial score (nSPS) is 17.2. The number of benzene rings is 3. The van der Waals surface area contributed by atoms with Gasteiger partial charge in [-0.15, -0.1) is 0 Å². The summed E-state index contributed by atoms with van der Waals surface area (Å²) >= 11 is 1.51. The van der Waals surface area contributed by atoms with Gasteiger partial charge in [0.05, 0.1) is 17.8 Å². The maximum absolute atomic E-state index is 13.8. The number of nitrogens with zero attached hydrogens (tertiary/aromatic N) is 2. The minimum atomic E-state index is -0.400. The predicted molar refractivity (Wildman–Crippen MR) is 144 cm³/mol. The maximum Gasteiger partial charge on any atom is 0.247 e. The van der Waals surface area contributed by atoms with Crippen LogP contribution in [0.15, 0.2) is 72.8 Å². The van der Waals surface area contributed by atoms with Crippen molar-refractivity contribution in [2.24, 2.45) is 0 Å². The van der Waals surface area contributed by atoms with Crippen molar-refractivity contribution >= 4 is 40.6 Å². The summed E-state index contributed by atoms with van der Waals surface area (Å²) in [5, 5.41) is 6.25. The van der Waals surface area contributed by atoms with Gasteiger partial charge >= 0.3 is 0 Å². The van der Waals surface area contributed by atoms with Crippen molar-refractivity contribution in [3.05, 3.63) is 89.7 Å². The fourth-order valence-corrected chi connectivity index (χ4v) is 5.60. The molecule has 0 saturated carbocycles. The molecular weight excluding hydrogens is 475 g/mol. The molecule has 186 valence electrons. The second kappa shape index (κ2) is 11.0. The molecule has 0 spiro atoms. The zero-order chi connectivity index (χ0) is 24.9. The SMILES string of the molecule is O=C1Nc2cc(CC(=O)N3CCN(c4ccccc4)CC3)ccc2NC1CSCc1ccccc1F. The molecular formula is C28H29FN4O2S. The highest BCUT2D eigenvalue weighted by Crippen LogP contribution is 2.30. The molecule has 2 N–H and O–H groups in total. The Balaban J connectivity index is 1.13. The number of nitrogens with one attached hydrogen (secondary N) is 2. The van der Waals surface area contributed by atoms with Gasteiger partial charge in [0.1, 0.15) is 11.9 Å². The second-order valence-corrected chi connectivity index (χ2v) is 10.1. The molecule has 1 saturated heterocycles. The lowest BCUT2D eigenvalue weighted by Gasteiger charge is -2.36. The van der Waals surface area contributed by atoms with Crippen molar-refractivity contribution in [1.29, 1.82) is 0 Å². The molecule has 1 atom stereocenters. The number of hydrogen-bond donors (Lipinski definition) is 2. The van der Waals surface area contributed by atoms with E-state index in [0.717, 1.165) is 24.3 Å². The van der Waals surface area contributed by atoms with Crippen molar-refractivity contribution in [3.8, 4) is 0 Å². The van der Waals surface area contributed by atoms with E-state index in [2.05, 4.69) is 27.7 Å². The van der Waals surface area contributed by atoms with Crippen molar-refractivity contribution < 1.29 is 14.0 Å². The minimum absolute atomic E-state index is 0.0974. The molecule has 0 bridgehead atoms. The molecule has 3 aromatic rings. The third kappa shape index (κ3) is 5.65. The first-order valence-corrected chi connectivity index (χ1v) is 13.3. The number of anilines is 3. The van der Waals surface area contributed by atoms with E-state index in [0.29, 0.717) is 42.3 Å². The Labute approximate surface area is 214 Å². The monoisotopic (exact) mass is 504 g/mol. The third-order valence-electron chi connectivity index (χ3n) is 6.60. The van der Waals surface area contributed by atoms with Crippen molar-refractivity contribution in [1.82, 2.24) is 4.90 Å². The molecule has 6 nitrogen and oxygen atoms in total. The van der Waals surface area contributed by atoms with Crippen LogP contribution < -0.4 is 15.5 Å². The number of carbonyl (C=O) groups excluding carboxylic acids is 2. The summed E-state index contributed by atoms with van der Waals surface area (Å²) in [4.78, 5) is 29.8. The molecule has 8 heteroatoms. The third-order valence-corrected chi connectivity index (χ3v) is 7.68.